The number of aromatic nitrogens is 2. The van der Waals surface area contributed by atoms with Crippen LogP contribution in [-0.4, -0.2) is 21.5 Å². The van der Waals surface area contributed by atoms with Crippen molar-refractivity contribution in [2.45, 2.75) is 17.1 Å². The molecule has 3 aromatic rings. The van der Waals surface area contributed by atoms with E-state index in [9.17, 15) is 4.79 Å². The Bertz CT molecular complexity index is 794. The molecule has 0 radical (unpaired) electrons. The van der Waals surface area contributed by atoms with Crippen LogP contribution in [0, 0.1) is 0 Å². The van der Waals surface area contributed by atoms with Crippen LogP contribution in [0.5, 0.6) is 0 Å². The number of benzene rings is 2. The van der Waals surface area contributed by atoms with Crippen molar-refractivity contribution in [2.24, 2.45) is 0 Å². The molecule has 3 rings (SSSR count). The number of thioether (sulfide) groups is 2. The summed E-state index contributed by atoms with van der Waals surface area (Å²) in [5.41, 5.74) is 3.52. The minimum atomic E-state index is -0.129. The first-order valence-electron chi connectivity index (χ1n) is 7.89. The van der Waals surface area contributed by atoms with E-state index < -0.39 is 0 Å². The molecule has 2 aromatic carbocycles. The van der Waals surface area contributed by atoms with Gasteiger partial charge in [-0.25, -0.2) is 4.79 Å². The van der Waals surface area contributed by atoms with Crippen LogP contribution in [0.25, 0.3) is 0 Å². The summed E-state index contributed by atoms with van der Waals surface area (Å²) in [6, 6.07) is 19.4. The molecule has 1 aromatic heterocycles. The van der Waals surface area contributed by atoms with Crippen LogP contribution in [0.3, 0.4) is 0 Å². The molecule has 5 heteroatoms. The van der Waals surface area contributed by atoms with Crippen LogP contribution < -0.4 is 5.69 Å². The lowest BCUT2D eigenvalue weighted by atomic mass is 10.1. The van der Waals surface area contributed by atoms with Crippen LogP contribution in [-0.2, 0) is 12.2 Å². The predicted octanol–water partition coefficient (Wildman–Crippen LogP) is 4.32. The fraction of sp³-hybridized carbons (Fsp3) is 0.211. The summed E-state index contributed by atoms with van der Waals surface area (Å²) in [5, 5.41) is 0. The van der Waals surface area contributed by atoms with E-state index in [1.165, 1.54) is 16.0 Å². The quantitative estimate of drug-likeness (QED) is 0.467. The Morgan fingerprint density at radius 1 is 0.875 bits per heavy atom. The Hall–Kier alpha value is -1.85. The Morgan fingerprint density at radius 3 is 2.33 bits per heavy atom. The first kappa shape index (κ1) is 17.0. The van der Waals surface area contributed by atoms with Gasteiger partial charge in [-0.3, -0.25) is 0 Å². The number of nitrogens with one attached hydrogen (secondary N) is 2. The highest BCUT2D eigenvalue weighted by atomic mass is 32.2. The van der Waals surface area contributed by atoms with E-state index in [1.54, 1.807) is 6.20 Å². The highest BCUT2D eigenvalue weighted by Crippen LogP contribution is 2.21. The first-order valence-corrected chi connectivity index (χ1v) is 10.0. The summed E-state index contributed by atoms with van der Waals surface area (Å²) in [7, 11) is 0. The molecule has 0 amide bonds. The van der Waals surface area contributed by atoms with E-state index in [2.05, 4.69) is 64.6 Å². The van der Waals surface area contributed by atoms with Crippen molar-refractivity contribution < 1.29 is 0 Å². The highest BCUT2D eigenvalue weighted by molar-refractivity contribution is 8.02. The lowest BCUT2D eigenvalue weighted by molar-refractivity contribution is 1.15. The molecule has 3 nitrogen and oxygen atoms in total. The third-order valence-electron chi connectivity index (χ3n) is 3.58. The largest absolute Gasteiger partial charge is 0.323 e. The van der Waals surface area contributed by atoms with Gasteiger partial charge in [0.25, 0.3) is 0 Å². The Balaban J connectivity index is 1.39. The zero-order valence-electron chi connectivity index (χ0n) is 13.3. The van der Waals surface area contributed by atoms with Gasteiger partial charge in [-0.1, -0.05) is 42.5 Å². The standard InChI is InChI=1S/C19H20N2OS2/c22-19-20-13-17(21-19)14-23-10-11-24-18-8-6-16(7-9-18)12-15-4-2-1-3-5-15/h1-9,13H,10-12,14H2,(H2,20,21,22). The number of hydrogen-bond donors (Lipinski definition) is 2. The molecule has 0 spiro atoms. The van der Waals surface area contributed by atoms with E-state index in [0.717, 1.165) is 29.4 Å². The molecule has 24 heavy (non-hydrogen) atoms. The minimum Gasteiger partial charge on any atom is -0.313 e. The third-order valence-corrected chi connectivity index (χ3v) is 5.86. The van der Waals surface area contributed by atoms with Gasteiger partial charge in [-0.15, -0.1) is 11.8 Å². The van der Waals surface area contributed by atoms with E-state index in [1.807, 2.05) is 23.5 Å². The van der Waals surface area contributed by atoms with E-state index in [0.29, 0.717) is 0 Å². The molecule has 0 aliphatic heterocycles. The summed E-state index contributed by atoms with van der Waals surface area (Å²) in [6.07, 6.45) is 2.73. The lowest BCUT2D eigenvalue weighted by Crippen LogP contribution is -2.00. The van der Waals surface area contributed by atoms with E-state index >= 15 is 0 Å². The summed E-state index contributed by atoms with van der Waals surface area (Å²) >= 11 is 3.71. The van der Waals surface area contributed by atoms with Crippen molar-refractivity contribution in [1.29, 1.82) is 0 Å². The number of aromatic amines is 2. The molecule has 0 aliphatic rings. The number of hydrogen-bond acceptors (Lipinski definition) is 3. The monoisotopic (exact) mass is 356 g/mol. The van der Waals surface area contributed by atoms with Gasteiger partial charge in [-0.2, -0.15) is 11.8 Å². The lowest BCUT2D eigenvalue weighted by Gasteiger charge is -2.05. The molecule has 0 fully saturated rings. The van der Waals surface area contributed by atoms with Crippen molar-refractivity contribution in [3.8, 4) is 0 Å². The maximum Gasteiger partial charge on any atom is 0.323 e. The summed E-state index contributed by atoms with van der Waals surface area (Å²) in [4.78, 5) is 17.7. The maximum absolute atomic E-state index is 11.0. The fourth-order valence-corrected chi connectivity index (χ4v) is 4.27. The molecule has 1 heterocycles. The van der Waals surface area contributed by atoms with Crippen molar-refractivity contribution in [2.75, 3.05) is 11.5 Å². The van der Waals surface area contributed by atoms with Crippen LogP contribution in [0.15, 0.2) is 70.5 Å². The van der Waals surface area contributed by atoms with Gasteiger partial charge in [0.1, 0.15) is 0 Å². The zero-order chi connectivity index (χ0) is 16.6. The average Bonchev–Trinajstić information content (AvgIpc) is 3.02. The molecule has 0 saturated heterocycles. The number of H-pyrrole nitrogens is 2. The first-order chi connectivity index (χ1) is 11.8. The summed E-state index contributed by atoms with van der Waals surface area (Å²) < 4.78 is 0. The molecular formula is C19H20N2OS2. The smallest absolute Gasteiger partial charge is 0.313 e. The second-order valence-corrected chi connectivity index (χ2v) is 7.75. The van der Waals surface area contributed by atoms with Gasteiger partial charge in [0.15, 0.2) is 0 Å². The normalized spacial score (nSPS) is 10.8. The van der Waals surface area contributed by atoms with Crippen LogP contribution in [0.4, 0.5) is 0 Å². The van der Waals surface area contributed by atoms with Crippen molar-refractivity contribution in [3.63, 3.8) is 0 Å². The second-order valence-electron chi connectivity index (χ2n) is 5.48. The summed E-state index contributed by atoms with van der Waals surface area (Å²) in [5.74, 6) is 2.97. The van der Waals surface area contributed by atoms with E-state index in [-0.39, 0.29) is 5.69 Å². The zero-order valence-corrected chi connectivity index (χ0v) is 15.0. The predicted molar refractivity (Wildman–Crippen MR) is 104 cm³/mol. The molecule has 0 saturated carbocycles. The third kappa shape index (κ3) is 5.35. The molecule has 0 unspecified atom stereocenters. The topological polar surface area (TPSA) is 48.6 Å². The molecule has 0 atom stereocenters. The maximum atomic E-state index is 11.0. The fourth-order valence-electron chi connectivity index (χ4n) is 2.38. The van der Waals surface area contributed by atoms with Crippen LogP contribution in [0.2, 0.25) is 0 Å². The van der Waals surface area contributed by atoms with Gasteiger partial charge < -0.3 is 9.97 Å². The number of imidazole rings is 1. The van der Waals surface area contributed by atoms with Gasteiger partial charge >= 0.3 is 5.69 Å². The second kappa shape index (κ2) is 8.85. The van der Waals surface area contributed by atoms with Gasteiger partial charge in [0.2, 0.25) is 0 Å². The molecular weight excluding hydrogens is 336 g/mol. The Labute approximate surface area is 150 Å². The average molecular weight is 357 g/mol. The van der Waals surface area contributed by atoms with E-state index in [4.69, 9.17) is 0 Å². The van der Waals surface area contributed by atoms with Crippen LogP contribution in [0.1, 0.15) is 16.8 Å². The SMILES string of the molecule is O=c1[nH]cc(CSCCSc2ccc(Cc3ccccc3)cc2)[nH]1. The van der Waals surface area contributed by atoms with Crippen molar-refractivity contribution in [3.05, 3.63) is 88.1 Å². The summed E-state index contributed by atoms with van der Waals surface area (Å²) in [6.45, 7) is 0. The van der Waals surface area contributed by atoms with Gasteiger partial charge in [0, 0.05) is 34.0 Å². The van der Waals surface area contributed by atoms with Gasteiger partial charge in [0.05, 0.1) is 0 Å². The molecule has 124 valence electrons. The highest BCUT2D eigenvalue weighted by Gasteiger charge is 1.99. The molecule has 0 bridgehead atoms. The number of rotatable bonds is 8. The van der Waals surface area contributed by atoms with Crippen molar-refractivity contribution in [1.82, 2.24) is 9.97 Å². The van der Waals surface area contributed by atoms with Gasteiger partial charge in [-0.05, 0) is 29.7 Å². The minimum absolute atomic E-state index is 0.129. The Morgan fingerprint density at radius 2 is 1.62 bits per heavy atom. The molecule has 2 N–H and O–H groups in total. The molecule has 0 aliphatic carbocycles. The van der Waals surface area contributed by atoms with Crippen LogP contribution >= 0.6 is 23.5 Å². The van der Waals surface area contributed by atoms with Crippen molar-refractivity contribution >= 4 is 23.5 Å². The Kier molecular flexibility index (Phi) is 6.26.